The Morgan fingerprint density at radius 1 is 1.37 bits per heavy atom. The Balaban J connectivity index is 2.25. The van der Waals surface area contributed by atoms with Crippen LogP contribution in [0.4, 0.5) is 0 Å². The summed E-state index contributed by atoms with van der Waals surface area (Å²) in [6, 6.07) is 3.90. The molecule has 0 fully saturated rings. The van der Waals surface area contributed by atoms with Crippen LogP contribution < -0.4 is 5.73 Å². The number of aryl methyl sites for hydroxylation is 2. The minimum atomic E-state index is -0.466. The molecule has 0 radical (unpaired) electrons. The topological polar surface area (TPSA) is 78.7 Å². The van der Waals surface area contributed by atoms with Crippen molar-refractivity contribution in [3.63, 3.8) is 0 Å². The Morgan fingerprint density at radius 2 is 2.16 bits per heavy atom. The molecule has 0 aliphatic heterocycles. The SMILES string of the molecule is Cn1nccc1-c1cnc2c(C(N)=O)cn(C)c2c1. The van der Waals surface area contributed by atoms with Gasteiger partial charge in [0, 0.05) is 38.2 Å². The Labute approximate surface area is 109 Å². The highest BCUT2D eigenvalue weighted by Gasteiger charge is 2.14. The number of nitrogens with zero attached hydrogens (tertiary/aromatic N) is 4. The van der Waals surface area contributed by atoms with Crippen molar-refractivity contribution in [2.24, 2.45) is 19.8 Å². The van der Waals surface area contributed by atoms with E-state index in [2.05, 4.69) is 10.1 Å². The quantitative estimate of drug-likeness (QED) is 0.744. The molecular weight excluding hydrogens is 242 g/mol. The molecule has 0 aliphatic rings. The smallest absolute Gasteiger partial charge is 0.252 e. The lowest BCUT2D eigenvalue weighted by molar-refractivity contribution is 0.100. The summed E-state index contributed by atoms with van der Waals surface area (Å²) in [4.78, 5) is 15.7. The van der Waals surface area contributed by atoms with Crippen LogP contribution in [0.25, 0.3) is 22.3 Å². The number of aromatic nitrogens is 4. The first-order valence-corrected chi connectivity index (χ1v) is 5.81. The summed E-state index contributed by atoms with van der Waals surface area (Å²) in [5.74, 6) is -0.466. The maximum absolute atomic E-state index is 11.4. The van der Waals surface area contributed by atoms with Gasteiger partial charge in [0.05, 0.1) is 16.8 Å². The maximum atomic E-state index is 11.4. The molecule has 0 aliphatic carbocycles. The zero-order valence-electron chi connectivity index (χ0n) is 10.7. The van der Waals surface area contributed by atoms with Crippen molar-refractivity contribution in [1.82, 2.24) is 19.3 Å². The predicted octanol–water partition coefficient (Wildman–Crippen LogP) is 1.07. The molecule has 0 unspecified atom stereocenters. The average Bonchev–Trinajstić information content (AvgIpc) is 2.94. The number of hydrogen-bond acceptors (Lipinski definition) is 3. The summed E-state index contributed by atoms with van der Waals surface area (Å²) in [6.45, 7) is 0. The van der Waals surface area contributed by atoms with Crippen molar-refractivity contribution in [1.29, 1.82) is 0 Å². The number of fused-ring (bicyclic) bond motifs is 1. The number of primary amides is 1. The van der Waals surface area contributed by atoms with E-state index in [1.165, 1.54) is 0 Å². The fourth-order valence-electron chi connectivity index (χ4n) is 2.23. The highest BCUT2D eigenvalue weighted by Crippen LogP contribution is 2.24. The van der Waals surface area contributed by atoms with Crippen LogP contribution in [0, 0.1) is 0 Å². The molecule has 3 aromatic heterocycles. The van der Waals surface area contributed by atoms with Gasteiger partial charge < -0.3 is 10.3 Å². The lowest BCUT2D eigenvalue weighted by Gasteiger charge is -2.03. The molecule has 0 atom stereocenters. The zero-order valence-corrected chi connectivity index (χ0v) is 10.7. The van der Waals surface area contributed by atoms with Crippen LogP contribution in [0.1, 0.15) is 10.4 Å². The summed E-state index contributed by atoms with van der Waals surface area (Å²) in [6.07, 6.45) is 5.16. The van der Waals surface area contributed by atoms with E-state index >= 15 is 0 Å². The van der Waals surface area contributed by atoms with Gasteiger partial charge in [-0.3, -0.25) is 14.5 Å². The molecule has 2 N–H and O–H groups in total. The summed E-state index contributed by atoms with van der Waals surface area (Å²) in [5, 5.41) is 4.14. The molecule has 6 nitrogen and oxygen atoms in total. The second kappa shape index (κ2) is 3.94. The van der Waals surface area contributed by atoms with Gasteiger partial charge in [-0.2, -0.15) is 5.10 Å². The number of pyridine rings is 1. The van der Waals surface area contributed by atoms with E-state index < -0.39 is 5.91 Å². The van der Waals surface area contributed by atoms with Crippen LogP contribution in [-0.2, 0) is 14.1 Å². The molecule has 0 aromatic carbocycles. The van der Waals surface area contributed by atoms with E-state index in [1.807, 2.05) is 30.8 Å². The number of amides is 1. The molecule has 96 valence electrons. The van der Waals surface area contributed by atoms with E-state index in [-0.39, 0.29) is 0 Å². The van der Waals surface area contributed by atoms with Gasteiger partial charge in [-0.1, -0.05) is 0 Å². The first-order chi connectivity index (χ1) is 9.08. The Kier molecular flexibility index (Phi) is 2.38. The molecular formula is C13H13N5O. The van der Waals surface area contributed by atoms with Crippen LogP contribution in [0.3, 0.4) is 0 Å². The van der Waals surface area contributed by atoms with Gasteiger partial charge in [0.15, 0.2) is 0 Å². The van der Waals surface area contributed by atoms with Gasteiger partial charge in [-0.15, -0.1) is 0 Å². The third-order valence-corrected chi connectivity index (χ3v) is 3.21. The van der Waals surface area contributed by atoms with E-state index in [0.29, 0.717) is 11.1 Å². The maximum Gasteiger partial charge on any atom is 0.252 e. The molecule has 19 heavy (non-hydrogen) atoms. The van der Waals surface area contributed by atoms with Crippen LogP contribution in [0.15, 0.2) is 30.7 Å². The number of hydrogen-bond donors (Lipinski definition) is 1. The van der Waals surface area contributed by atoms with E-state index in [0.717, 1.165) is 16.8 Å². The number of carbonyl (C=O) groups is 1. The van der Waals surface area contributed by atoms with Crippen molar-refractivity contribution < 1.29 is 4.79 Å². The van der Waals surface area contributed by atoms with Gasteiger partial charge in [-0.25, -0.2) is 0 Å². The molecule has 6 heteroatoms. The van der Waals surface area contributed by atoms with Gasteiger partial charge in [0.1, 0.15) is 5.52 Å². The normalized spacial score (nSPS) is 11.1. The largest absolute Gasteiger partial charge is 0.365 e. The monoisotopic (exact) mass is 255 g/mol. The molecule has 1 amide bonds. The molecule has 0 spiro atoms. The average molecular weight is 255 g/mol. The van der Waals surface area contributed by atoms with Crippen LogP contribution in [0.2, 0.25) is 0 Å². The standard InChI is InChI=1S/C13H13N5O/c1-17-7-9(13(14)19)12-11(17)5-8(6-15-12)10-3-4-16-18(10)2/h3-7H,1-2H3,(H2,14,19). The second-order valence-corrected chi connectivity index (χ2v) is 4.45. The Hall–Kier alpha value is -2.63. The van der Waals surface area contributed by atoms with E-state index in [9.17, 15) is 4.79 Å². The minimum absolute atomic E-state index is 0.439. The molecule has 3 rings (SSSR count). The fraction of sp³-hybridized carbons (Fsp3) is 0.154. The lowest BCUT2D eigenvalue weighted by Crippen LogP contribution is -2.10. The highest BCUT2D eigenvalue weighted by atomic mass is 16.1. The fourth-order valence-corrected chi connectivity index (χ4v) is 2.23. The molecule has 0 saturated heterocycles. The van der Waals surface area contributed by atoms with E-state index in [4.69, 9.17) is 5.73 Å². The molecule has 3 heterocycles. The highest BCUT2D eigenvalue weighted by molar-refractivity contribution is 6.05. The van der Waals surface area contributed by atoms with Gasteiger partial charge in [0.25, 0.3) is 5.91 Å². The Morgan fingerprint density at radius 3 is 2.79 bits per heavy atom. The van der Waals surface area contributed by atoms with Crippen molar-refractivity contribution in [2.45, 2.75) is 0 Å². The molecule has 0 saturated carbocycles. The van der Waals surface area contributed by atoms with Gasteiger partial charge >= 0.3 is 0 Å². The number of nitrogens with two attached hydrogens (primary N) is 1. The number of rotatable bonds is 2. The number of carbonyl (C=O) groups excluding carboxylic acids is 1. The first-order valence-electron chi connectivity index (χ1n) is 5.81. The summed E-state index contributed by atoms with van der Waals surface area (Å²) >= 11 is 0. The summed E-state index contributed by atoms with van der Waals surface area (Å²) < 4.78 is 3.63. The van der Waals surface area contributed by atoms with Gasteiger partial charge in [-0.05, 0) is 12.1 Å². The van der Waals surface area contributed by atoms with Crippen molar-refractivity contribution >= 4 is 16.9 Å². The van der Waals surface area contributed by atoms with Crippen LogP contribution in [-0.4, -0.2) is 25.2 Å². The van der Waals surface area contributed by atoms with E-state index in [1.54, 1.807) is 23.3 Å². The zero-order chi connectivity index (χ0) is 13.6. The van der Waals surface area contributed by atoms with Crippen LogP contribution >= 0.6 is 0 Å². The Bertz CT molecular complexity index is 784. The van der Waals surface area contributed by atoms with Crippen molar-refractivity contribution in [3.05, 3.63) is 36.3 Å². The van der Waals surface area contributed by atoms with Crippen molar-refractivity contribution in [3.8, 4) is 11.3 Å². The molecule has 3 aromatic rings. The third kappa shape index (κ3) is 1.69. The summed E-state index contributed by atoms with van der Waals surface area (Å²) in [7, 11) is 3.74. The van der Waals surface area contributed by atoms with Crippen LogP contribution in [0.5, 0.6) is 0 Å². The molecule has 0 bridgehead atoms. The minimum Gasteiger partial charge on any atom is -0.365 e. The van der Waals surface area contributed by atoms with Gasteiger partial charge in [0.2, 0.25) is 0 Å². The summed E-state index contributed by atoms with van der Waals surface area (Å²) in [5.41, 5.74) is 9.19. The lowest BCUT2D eigenvalue weighted by atomic mass is 10.2. The first kappa shape index (κ1) is 11.5. The predicted molar refractivity (Wildman–Crippen MR) is 71.4 cm³/mol. The second-order valence-electron chi connectivity index (χ2n) is 4.45. The third-order valence-electron chi connectivity index (χ3n) is 3.21. The van der Waals surface area contributed by atoms with Crippen molar-refractivity contribution in [2.75, 3.05) is 0 Å².